The molecule has 2 heterocycles. The Morgan fingerprint density at radius 1 is 1.19 bits per heavy atom. The van der Waals surface area contributed by atoms with Crippen LogP contribution >= 0.6 is 11.6 Å². The molecular formula is C20H25ClN4O2. The SMILES string of the molecule is CC(=O)N1CCC(n2c(C)nc(C(=O)NCc3ccc(Cl)cc3)c2C)CC1. The first-order valence-corrected chi connectivity index (χ1v) is 9.58. The van der Waals surface area contributed by atoms with E-state index in [1.54, 1.807) is 19.1 Å². The summed E-state index contributed by atoms with van der Waals surface area (Å²) < 4.78 is 2.15. The molecule has 6 nitrogen and oxygen atoms in total. The lowest BCUT2D eigenvalue weighted by molar-refractivity contribution is -0.130. The monoisotopic (exact) mass is 388 g/mol. The van der Waals surface area contributed by atoms with Crippen molar-refractivity contribution in [1.82, 2.24) is 19.8 Å². The molecule has 7 heteroatoms. The van der Waals surface area contributed by atoms with Crippen molar-refractivity contribution in [2.75, 3.05) is 13.1 Å². The minimum Gasteiger partial charge on any atom is -0.347 e. The second kappa shape index (κ2) is 8.13. The summed E-state index contributed by atoms with van der Waals surface area (Å²) in [5, 5.41) is 3.60. The fraction of sp³-hybridized carbons (Fsp3) is 0.450. The highest BCUT2D eigenvalue weighted by Gasteiger charge is 2.26. The lowest BCUT2D eigenvalue weighted by Gasteiger charge is -2.33. The van der Waals surface area contributed by atoms with E-state index in [-0.39, 0.29) is 17.9 Å². The minimum absolute atomic E-state index is 0.120. The molecule has 0 aliphatic carbocycles. The van der Waals surface area contributed by atoms with Crippen molar-refractivity contribution in [1.29, 1.82) is 0 Å². The molecule has 0 radical (unpaired) electrons. The number of halogens is 1. The number of rotatable bonds is 4. The van der Waals surface area contributed by atoms with E-state index in [9.17, 15) is 9.59 Å². The standard InChI is InChI=1S/C20H25ClN4O2/c1-13-19(20(27)22-12-16-4-6-17(21)7-5-16)23-14(2)25(13)18-8-10-24(11-9-18)15(3)26/h4-7,18H,8-12H2,1-3H3,(H,22,27). The molecule has 0 atom stereocenters. The zero-order valence-electron chi connectivity index (χ0n) is 16.0. The highest BCUT2D eigenvalue weighted by atomic mass is 35.5. The number of imidazole rings is 1. The molecule has 1 N–H and O–H groups in total. The molecule has 1 aromatic carbocycles. The Morgan fingerprint density at radius 2 is 1.81 bits per heavy atom. The summed E-state index contributed by atoms with van der Waals surface area (Å²) in [5.41, 5.74) is 2.33. The van der Waals surface area contributed by atoms with E-state index in [4.69, 9.17) is 11.6 Å². The maximum absolute atomic E-state index is 12.6. The van der Waals surface area contributed by atoms with Crippen LogP contribution in [0.2, 0.25) is 5.02 Å². The fourth-order valence-corrected chi connectivity index (χ4v) is 3.84. The number of carbonyl (C=O) groups is 2. The van der Waals surface area contributed by atoms with Gasteiger partial charge in [0, 0.05) is 43.3 Å². The Balaban J connectivity index is 1.68. The second-order valence-electron chi connectivity index (χ2n) is 7.01. The van der Waals surface area contributed by atoms with E-state index < -0.39 is 0 Å². The number of likely N-dealkylation sites (tertiary alicyclic amines) is 1. The quantitative estimate of drug-likeness (QED) is 0.874. The maximum atomic E-state index is 12.6. The first-order chi connectivity index (χ1) is 12.9. The Labute approximate surface area is 164 Å². The molecule has 144 valence electrons. The Bertz CT molecular complexity index is 836. The van der Waals surface area contributed by atoms with Gasteiger partial charge in [0.05, 0.1) is 0 Å². The Kier molecular flexibility index (Phi) is 5.85. The van der Waals surface area contributed by atoms with Gasteiger partial charge in [0.25, 0.3) is 5.91 Å². The van der Waals surface area contributed by atoms with Crippen molar-refractivity contribution in [3.05, 3.63) is 52.1 Å². The minimum atomic E-state index is -0.175. The summed E-state index contributed by atoms with van der Waals surface area (Å²) in [5.74, 6) is 0.783. The van der Waals surface area contributed by atoms with Crippen LogP contribution in [0.15, 0.2) is 24.3 Å². The van der Waals surface area contributed by atoms with Gasteiger partial charge in [-0.05, 0) is 44.4 Å². The predicted molar refractivity (Wildman–Crippen MR) is 105 cm³/mol. The van der Waals surface area contributed by atoms with Crippen LogP contribution in [-0.4, -0.2) is 39.4 Å². The Hall–Kier alpha value is -2.34. The summed E-state index contributed by atoms with van der Waals surface area (Å²) in [7, 11) is 0. The van der Waals surface area contributed by atoms with E-state index in [0.29, 0.717) is 17.3 Å². The maximum Gasteiger partial charge on any atom is 0.272 e. The molecular weight excluding hydrogens is 364 g/mol. The van der Waals surface area contributed by atoms with Gasteiger partial charge in [-0.25, -0.2) is 4.98 Å². The number of benzene rings is 1. The number of hydrogen-bond acceptors (Lipinski definition) is 3. The van der Waals surface area contributed by atoms with E-state index in [1.165, 1.54) is 0 Å². The number of amides is 2. The van der Waals surface area contributed by atoms with Crippen LogP contribution < -0.4 is 5.32 Å². The number of aryl methyl sites for hydroxylation is 1. The molecule has 3 rings (SSSR count). The first-order valence-electron chi connectivity index (χ1n) is 9.20. The summed E-state index contributed by atoms with van der Waals surface area (Å²) in [4.78, 5) is 30.5. The van der Waals surface area contributed by atoms with Crippen LogP contribution in [0.1, 0.15) is 53.4 Å². The molecule has 1 saturated heterocycles. The molecule has 0 bridgehead atoms. The molecule has 0 unspecified atom stereocenters. The summed E-state index contributed by atoms with van der Waals surface area (Å²) in [6.07, 6.45) is 1.76. The number of hydrogen-bond donors (Lipinski definition) is 1. The van der Waals surface area contributed by atoms with Crippen molar-refractivity contribution in [3.8, 4) is 0 Å². The largest absolute Gasteiger partial charge is 0.347 e. The number of nitrogens with zero attached hydrogens (tertiary/aromatic N) is 3. The lowest BCUT2D eigenvalue weighted by Crippen LogP contribution is -2.38. The van der Waals surface area contributed by atoms with Crippen molar-refractivity contribution in [2.45, 2.75) is 46.2 Å². The summed E-state index contributed by atoms with van der Waals surface area (Å²) in [6, 6.07) is 7.66. The van der Waals surface area contributed by atoms with Gasteiger partial charge in [0.2, 0.25) is 5.91 Å². The second-order valence-corrected chi connectivity index (χ2v) is 7.45. The molecule has 27 heavy (non-hydrogen) atoms. The van der Waals surface area contributed by atoms with Crippen LogP contribution in [0.5, 0.6) is 0 Å². The van der Waals surface area contributed by atoms with Crippen LogP contribution in [-0.2, 0) is 11.3 Å². The van der Waals surface area contributed by atoms with Gasteiger partial charge in [-0.15, -0.1) is 0 Å². The predicted octanol–water partition coefficient (Wildman–Crippen LogP) is 3.27. The molecule has 0 saturated carbocycles. The van der Waals surface area contributed by atoms with E-state index in [2.05, 4.69) is 14.9 Å². The average Bonchev–Trinajstić information content (AvgIpc) is 2.95. The van der Waals surface area contributed by atoms with Gasteiger partial charge in [0.15, 0.2) is 0 Å². The molecule has 2 amide bonds. The third-order valence-corrected chi connectivity index (χ3v) is 5.43. The zero-order valence-corrected chi connectivity index (χ0v) is 16.7. The van der Waals surface area contributed by atoms with Crippen molar-refractivity contribution in [2.24, 2.45) is 0 Å². The van der Waals surface area contributed by atoms with E-state index in [0.717, 1.165) is 43.0 Å². The van der Waals surface area contributed by atoms with Crippen molar-refractivity contribution in [3.63, 3.8) is 0 Å². The number of nitrogens with one attached hydrogen (secondary N) is 1. The van der Waals surface area contributed by atoms with Gasteiger partial charge in [-0.1, -0.05) is 23.7 Å². The van der Waals surface area contributed by atoms with Crippen LogP contribution in [0.3, 0.4) is 0 Å². The smallest absolute Gasteiger partial charge is 0.272 e. The molecule has 1 aromatic heterocycles. The van der Waals surface area contributed by atoms with Gasteiger partial charge in [-0.2, -0.15) is 0 Å². The molecule has 1 aliphatic rings. The van der Waals surface area contributed by atoms with Gasteiger partial charge < -0.3 is 14.8 Å². The molecule has 2 aromatic rings. The number of carbonyl (C=O) groups excluding carboxylic acids is 2. The number of piperidine rings is 1. The zero-order chi connectivity index (χ0) is 19.6. The molecule has 0 spiro atoms. The number of aromatic nitrogens is 2. The third-order valence-electron chi connectivity index (χ3n) is 5.18. The normalized spacial score (nSPS) is 15.0. The van der Waals surface area contributed by atoms with Crippen molar-refractivity contribution >= 4 is 23.4 Å². The highest BCUT2D eigenvalue weighted by molar-refractivity contribution is 6.30. The van der Waals surface area contributed by atoms with Crippen LogP contribution in [0, 0.1) is 13.8 Å². The van der Waals surface area contributed by atoms with Crippen LogP contribution in [0.25, 0.3) is 0 Å². The van der Waals surface area contributed by atoms with Gasteiger partial charge in [0.1, 0.15) is 11.5 Å². The average molecular weight is 389 g/mol. The van der Waals surface area contributed by atoms with Gasteiger partial charge in [-0.3, -0.25) is 9.59 Å². The highest BCUT2D eigenvalue weighted by Crippen LogP contribution is 2.27. The molecule has 1 fully saturated rings. The van der Waals surface area contributed by atoms with E-state index in [1.807, 2.05) is 30.9 Å². The third kappa shape index (κ3) is 4.33. The van der Waals surface area contributed by atoms with Gasteiger partial charge >= 0.3 is 0 Å². The topological polar surface area (TPSA) is 67.2 Å². The molecule has 1 aliphatic heterocycles. The Morgan fingerprint density at radius 3 is 2.41 bits per heavy atom. The van der Waals surface area contributed by atoms with E-state index >= 15 is 0 Å². The fourth-order valence-electron chi connectivity index (χ4n) is 3.71. The van der Waals surface area contributed by atoms with Crippen LogP contribution in [0.4, 0.5) is 0 Å². The summed E-state index contributed by atoms with van der Waals surface area (Å²) >= 11 is 5.89. The first kappa shape index (κ1) is 19.4. The summed E-state index contributed by atoms with van der Waals surface area (Å²) in [6.45, 7) is 7.40. The van der Waals surface area contributed by atoms with Crippen molar-refractivity contribution < 1.29 is 9.59 Å². The lowest BCUT2D eigenvalue weighted by atomic mass is 10.0.